The van der Waals surface area contributed by atoms with Gasteiger partial charge < -0.3 is 10.1 Å². The highest BCUT2D eigenvalue weighted by Crippen LogP contribution is 2.34. The van der Waals surface area contributed by atoms with E-state index in [9.17, 15) is 13.6 Å². The van der Waals surface area contributed by atoms with Crippen LogP contribution in [0, 0.1) is 0 Å². The average molecular weight is 378 g/mol. The predicted octanol–water partition coefficient (Wildman–Crippen LogP) is 5.33. The zero-order valence-electron chi connectivity index (χ0n) is 11.6. The number of thioether (sulfide) groups is 1. The van der Waals surface area contributed by atoms with E-state index in [1.54, 1.807) is 24.3 Å². The van der Waals surface area contributed by atoms with E-state index in [-0.39, 0.29) is 17.2 Å². The van der Waals surface area contributed by atoms with Gasteiger partial charge in [0.25, 0.3) is 0 Å². The third-order valence-electron chi connectivity index (χ3n) is 2.64. The molecule has 0 aliphatic rings. The summed E-state index contributed by atoms with van der Waals surface area (Å²) in [6, 6.07) is 11.0. The van der Waals surface area contributed by atoms with Crippen LogP contribution in [0.3, 0.4) is 0 Å². The van der Waals surface area contributed by atoms with Crippen molar-refractivity contribution in [3.8, 4) is 5.75 Å². The summed E-state index contributed by atoms with van der Waals surface area (Å²) >= 11 is 13.2. The molecular weight excluding hydrogens is 367 g/mol. The Morgan fingerprint density at radius 1 is 1.13 bits per heavy atom. The van der Waals surface area contributed by atoms with Crippen molar-refractivity contribution in [1.82, 2.24) is 0 Å². The molecule has 2 aromatic rings. The van der Waals surface area contributed by atoms with Crippen LogP contribution in [0.5, 0.6) is 5.75 Å². The van der Waals surface area contributed by atoms with Crippen LogP contribution in [0.25, 0.3) is 0 Å². The Balaban J connectivity index is 2.00. The SMILES string of the molecule is O=C(CSc1c(Cl)cccc1Cl)Nc1ccccc1OC(F)F. The summed E-state index contributed by atoms with van der Waals surface area (Å²) in [7, 11) is 0. The molecular formula is C15H11Cl2F2NO2S. The van der Waals surface area contributed by atoms with E-state index in [1.807, 2.05) is 0 Å². The molecule has 3 nitrogen and oxygen atoms in total. The molecule has 0 spiro atoms. The molecule has 0 aliphatic heterocycles. The topological polar surface area (TPSA) is 38.3 Å². The number of halogens is 4. The number of anilines is 1. The second-order valence-electron chi connectivity index (χ2n) is 4.26. The maximum Gasteiger partial charge on any atom is 0.387 e. The van der Waals surface area contributed by atoms with Gasteiger partial charge >= 0.3 is 6.61 Å². The van der Waals surface area contributed by atoms with E-state index in [0.29, 0.717) is 14.9 Å². The van der Waals surface area contributed by atoms with Crippen molar-refractivity contribution in [3.63, 3.8) is 0 Å². The first-order valence-corrected chi connectivity index (χ1v) is 8.12. The zero-order valence-corrected chi connectivity index (χ0v) is 13.9. The van der Waals surface area contributed by atoms with Gasteiger partial charge in [-0.15, -0.1) is 11.8 Å². The first kappa shape index (κ1) is 17.8. The second kappa shape index (κ2) is 8.38. The van der Waals surface area contributed by atoms with Crippen molar-refractivity contribution in [2.75, 3.05) is 11.1 Å². The van der Waals surface area contributed by atoms with Gasteiger partial charge in [0.1, 0.15) is 5.75 Å². The number of hydrogen-bond acceptors (Lipinski definition) is 3. The van der Waals surface area contributed by atoms with Crippen molar-refractivity contribution >= 4 is 46.6 Å². The lowest BCUT2D eigenvalue weighted by Gasteiger charge is -2.12. The molecule has 2 aromatic carbocycles. The number of amides is 1. The van der Waals surface area contributed by atoms with E-state index in [2.05, 4.69) is 10.1 Å². The van der Waals surface area contributed by atoms with E-state index >= 15 is 0 Å². The van der Waals surface area contributed by atoms with Crippen LogP contribution in [-0.2, 0) is 4.79 Å². The van der Waals surface area contributed by atoms with Gasteiger partial charge in [0.2, 0.25) is 5.91 Å². The quantitative estimate of drug-likeness (QED) is 0.691. The van der Waals surface area contributed by atoms with E-state index in [0.717, 1.165) is 11.8 Å². The summed E-state index contributed by atoms with van der Waals surface area (Å²) in [5.74, 6) is -0.472. The molecule has 1 amide bonds. The molecule has 1 N–H and O–H groups in total. The first-order chi connectivity index (χ1) is 11.0. The number of hydrogen-bond donors (Lipinski definition) is 1. The zero-order chi connectivity index (χ0) is 16.8. The van der Waals surface area contributed by atoms with Crippen LogP contribution >= 0.6 is 35.0 Å². The fourth-order valence-corrected chi connectivity index (χ4v) is 3.20. The molecule has 23 heavy (non-hydrogen) atoms. The Morgan fingerprint density at radius 3 is 2.43 bits per heavy atom. The van der Waals surface area contributed by atoms with Gasteiger partial charge in [0, 0.05) is 4.90 Å². The number of benzene rings is 2. The Bertz CT molecular complexity index is 681. The number of ether oxygens (including phenoxy) is 1. The fourth-order valence-electron chi connectivity index (χ4n) is 1.71. The van der Waals surface area contributed by atoms with Crippen molar-refractivity contribution in [3.05, 3.63) is 52.5 Å². The van der Waals surface area contributed by atoms with Crippen LogP contribution in [-0.4, -0.2) is 18.3 Å². The summed E-state index contributed by atoms with van der Waals surface area (Å²) in [5, 5.41) is 3.40. The first-order valence-electron chi connectivity index (χ1n) is 6.38. The normalized spacial score (nSPS) is 10.7. The van der Waals surface area contributed by atoms with Crippen molar-refractivity contribution in [2.45, 2.75) is 11.5 Å². The molecule has 122 valence electrons. The molecule has 0 atom stereocenters. The van der Waals surface area contributed by atoms with Crippen LogP contribution in [0.2, 0.25) is 10.0 Å². The van der Waals surface area contributed by atoms with E-state index < -0.39 is 12.5 Å². The highest BCUT2D eigenvalue weighted by molar-refractivity contribution is 8.00. The molecule has 0 aliphatic carbocycles. The van der Waals surface area contributed by atoms with Crippen LogP contribution < -0.4 is 10.1 Å². The Morgan fingerprint density at radius 2 is 1.78 bits per heavy atom. The minimum absolute atomic E-state index is 0.0203. The molecule has 0 aromatic heterocycles. The lowest BCUT2D eigenvalue weighted by Crippen LogP contribution is -2.15. The Hall–Kier alpha value is -1.50. The van der Waals surface area contributed by atoms with Gasteiger partial charge in [-0.3, -0.25) is 4.79 Å². The molecule has 0 heterocycles. The summed E-state index contributed by atoms with van der Waals surface area (Å²) in [4.78, 5) is 12.6. The smallest absolute Gasteiger partial charge is 0.387 e. The number of carbonyl (C=O) groups excluding carboxylic acids is 1. The van der Waals surface area contributed by atoms with Gasteiger partial charge in [-0.1, -0.05) is 41.4 Å². The van der Waals surface area contributed by atoms with Crippen molar-refractivity contribution in [2.24, 2.45) is 0 Å². The minimum Gasteiger partial charge on any atom is -0.433 e. The Labute approximate surface area is 145 Å². The highest BCUT2D eigenvalue weighted by atomic mass is 35.5. The summed E-state index contributed by atoms with van der Waals surface area (Å²) in [6.45, 7) is -2.97. The van der Waals surface area contributed by atoms with Crippen molar-refractivity contribution < 1.29 is 18.3 Å². The maximum atomic E-state index is 12.3. The molecule has 0 unspecified atom stereocenters. The van der Waals surface area contributed by atoms with Gasteiger partial charge in [-0.05, 0) is 24.3 Å². The number of rotatable bonds is 6. The number of carbonyl (C=O) groups is 1. The van der Waals surface area contributed by atoms with E-state index in [4.69, 9.17) is 23.2 Å². The predicted molar refractivity (Wildman–Crippen MR) is 88.9 cm³/mol. The third-order valence-corrected chi connectivity index (χ3v) is 4.63. The highest BCUT2D eigenvalue weighted by Gasteiger charge is 2.13. The molecule has 0 saturated carbocycles. The van der Waals surface area contributed by atoms with Gasteiger partial charge in [0.15, 0.2) is 0 Å². The summed E-state index contributed by atoms with van der Waals surface area (Å²) in [6.07, 6.45) is 0. The fraction of sp³-hybridized carbons (Fsp3) is 0.133. The molecule has 0 radical (unpaired) electrons. The lowest BCUT2D eigenvalue weighted by atomic mass is 10.3. The van der Waals surface area contributed by atoms with Gasteiger partial charge in [-0.25, -0.2) is 0 Å². The van der Waals surface area contributed by atoms with Crippen LogP contribution in [0.4, 0.5) is 14.5 Å². The molecule has 8 heteroatoms. The van der Waals surface area contributed by atoms with Crippen LogP contribution in [0.15, 0.2) is 47.4 Å². The van der Waals surface area contributed by atoms with Gasteiger partial charge in [-0.2, -0.15) is 8.78 Å². The number of nitrogens with one attached hydrogen (secondary N) is 1. The monoisotopic (exact) mass is 377 g/mol. The average Bonchev–Trinajstić information content (AvgIpc) is 2.48. The Kier molecular flexibility index (Phi) is 6.50. The molecule has 2 rings (SSSR count). The summed E-state index contributed by atoms with van der Waals surface area (Å²) in [5.41, 5.74) is 0.170. The molecule has 0 fully saturated rings. The molecule has 0 bridgehead atoms. The molecule has 0 saturated heterocycles. The largest absolute Gasteiger partial charge is 0.433 e. The standard InChI is InChI=1S/C15H11Cl2F2NO2S/c16-9-4-3-5-10(17)14(9)23-8-13(21)20-11-6-1-2-7-12(11)22-15(18)19/h1-7,15H,8H2,(H,20,21). The van der Waals surface area contributed by atoms with Gasteiger partial charge in [0.05, 0.1) is 21.5 Å². The third kappa shape index (κ3) is 5.27. The number of para-hydroxylation sites is 2. The lowest BCUT2D eigenvalue weighted by molar-refractivity contribution is -0.113. The maximum absolute atomic E-state index is 12.3. The van der Waals surface area contributed by atoms with E-state index in [1.165, 1.54) is 18.2 Å². The second-order valence-corrected chi connectivity index (χ2v) is 6.06. The number of alkyl halides is 2. The van der Waals surface area contributed by atoms with Crippen molar-refractivity contribution in [1.29, 1.82) is 0 Å². The summed E-state index contributed by atoms with van der Waals surface area (Å²) < 4.78 is 29.0. The van der Waals surface area contributed by atoms with Crippen LogP contribution in [0.1, 0.15) is 0 Å². The minimum atomic E-state index is -2.97.